The summed E-state index contributed by atoms with van der Waals surface area (Å²) in [5, 5.41) is 0. The second kappa shape index (κ2) is 4.94. The van der Waals surface area contributed by atoms with E-state index in [0.717, 1.165) is 19.6 Å². The van der Waals surface area contributed by atoms with Gasteiger partial charge in [0.25, 0.3) is 0 Å². The Labute approximate surface area is 75.0 Å². The van der Waals surface area contributed by atoms with Crippen molar-refractivity contribution in [2.75, 3.05) is 13.1 Å². The monoisotopic (exact) mass is 162 g/mol. The average molecular weight is 162 g/mol. The van der Waals surface area contributed by atoms with E-state index < -0.39 is 0 Å². The Hall–Kier alpha value is -0.820. The van der Waals surface area contributed by atoms with Crippen LogP contribution >= 0.6 is 0 Å². The maximum Gasteiger partial charge on any atom is 0.0233 e. The summed E-state index contributed by atoms with van der Waals surface area (Å²) in [6.45, 7) is 7.68. The highest BCUT2D eigenvalue weighted by Crippen LogP contribution is 2.02. The minimum atomic E-state index is 1.06. The van der Waals surface area contributed by atoms with Crippen LogP contribution in [0.3, 0.4) is 0 Å². The maximum atomic E-state index is 3.02. The lowest BCUT2D eigenvalue weighted by Gasteiger charge is -2.17. The van der Waals surface area contributed by atoms with Crippen molar-refractivity contribution in [2.45, 2.75) is 20.4 Å². The third kappa shape index (κ3) is 2.67. The van der Waals surface area contributed by atoms with Crippen molar-refractivity contribution in [2.24, 2.45) is 0 Å². The van der Waals surface area contributed by atoms with E-state index in [1.165, 1.54) is 5.56 Å². The minimum absolute atomic E-state index is 1.06. The summed E-state index contributed by atoms with van der Waals surface area (Å²) >= 11 is 0. The number of hydrogen-bond acceptors (Lipinski definition) is 1. The van der Waals surface area contributed by atoms with E-state index in [0.29, 0.717) is 0 Å². The van der Waals surface area contributed by atoms with Gasteiger partial charge in [-0.2, -0.15) is 0 Å². The Kier molecular flexibility index (Phi) is 3.81. The van der Waals surface area contributed by atoms with Crippen molar-refractivity contribution >= 4 is 0 Å². The second-order valence-corrected chi connectivity index (χ2v) is 2.87. The lowest BCUT2D eigenvalue weighted by atomic mass is 10.2. The molecule has 0 heterocycles. The molecule has 1 rings (SSSR count). The van der Waals surface area contributed by atoms with Crippen molar-refractivity contribution in [3.63, 3.8) is 0 Å². The number of rotatable bonds is 4. The maximum absolute atomic E-state index is 3.02. The molecule has 0 unspecified atom stereocenters. The fourth-order valence-electron chi connectivity index (χ4n) is 1.23. The number of hydrogen-bond donors (Lipinski definition) is 0. The van der Waals surface area contributed by atoms with Gasteiger partial charge in [-0.3, -0.25) is 4.90 Å². The topological polar surface area (TPSA) is 3.24 Å². The Morgan fingerprint density at radius 3 is 2.25 bits per heavy atom. The van der Waals surface area contributed by atoms with Gasteiger partial charge < -0.3 is 0 Å². The first-order valence-corrected chi connectivity index (χ1v) is 4.54. The zero-order valence-corrected chi connectivity index (χ0v) is 7.88. The molecule has 65 valence electrons. The van der Waals surface area contributed by atoms with Gasteiger partial charge in [-0.15, -0.1) is 0 Å². The zero-order chi connectivity index (χ0) is 8.81. The Morgan fingerprint density at radius 2 is 1.75 bits per heavy atom. The highest BCUT2D eigenvalue weighted by molar-refractivity contribution is 5.13. The molecule has 1 aromatic carbocycles. The third-order valence-corrected chi connectivity index (χ3v) is 2.09. The van der Waals surface area contributed by atoms with Gasteiger partial charge in [0.2, 0.25) is 0 Å². The zero-order valence-electron chi connectivity index (χ0n) is 7.88. The molecular weight excluding hydrogens is 146 g/mol. The van der Waals surface area contributed by atoms with Crippen LogP contribution in [0.4, 0.5) is 0 Å². The molecule has 0 atom stereocenters. The van der Waals surface area contributed by atoms with Crippen LogP contribution in [0.2, 0.25) is 0 Å². The molecule has 0 saturated heterocycles. The van der Waals surface area contributed by atoms with E-state index in [4.69, 9.17) is 0 Å². The van der Waals surface area contributed by atoms with E-state index in [1.807, 2.05) is 12.1 Å². The summed E-state index contributed by atoms with van der Waals surface area (Å²) in [4.78, 5) is 2.40. The molecule has 0 aliphatic carbocycles. The molecule has 0 N–H and O–H groups in total. The molecule has 1 radical (unpaired) electrons. The van der Waals surface area contributed by atoms with Gasteiger partial charge in [0.15, 0.2) is 0 Å². The van der Waals surface area contributed by atoms with Gasteiger partial charge in [0.1, 0.15) is 0 Å². The Balaban J connectivity index is 2.51. The summed E-state index contributed by atoms with van der Waals surface area (Å²) in [6, 6.07) is 11.2. The molecule has 1 nitrogen and oxygen atoms in total. The van der Waals surface area contributed by atoms with Gasteiger partial charge >= 0.3 is 0 Å². The molecule has 0 spiro atoms. The summed E-state index contributed by atoms with van der Waals surface area (Å²) in [6.07, 6.45) is 0. The van der Waals surface area contributed by atoms with E-state index in [9.17, 15) is 0 Å². The van der Waals surface area contributed by atoms with Gasteiger partial charge in [-0.1, -0.05) is 38.1 Å². The second-order valence-electron chi connectivity index (χ2n) is 2.87. The molecule has 0 fully saturated rings. The lowest BCUT2D eigenvalue weighted by molar-refractivity contribution is 0.296. The molecule has 12 heavy (non-hydrogen) atoms. The van der Waals surface area contributed by atoms with Crippen molar-refractivity contribution in [3.05, 3.63) is 35.9 Å². The van der Waals surface area contributed by atoms with E-state index in [2.05, 4.69) is 36.9 Å². The standard InChI is InChI=1S/C11H16N/c1-3-12(4-2)10-11-8-6-5-7-9-11/h6-9H,3-4,10H2,1-2H3. The first kappa shape index (κ1) is 9.27. The molecule has 0 saturated carbocycles. The van der Waals surface area contributed by atoms with Crippen LogP contribution in [0.25, 0.3) is 0 Å². The normalized spacial score (nSPS) is 10.6. The molecule has 1 heteroatoms. The summed E-state index contributed by atoms with van der Waals surface area (Å²) in [5.41, 5.74) is 1.37. The summed E-state index contributed by atoms with van der Waals surface area (Å²) < 4.78 is 0. The Morgan fingerprint density at radius 1 is 1.17 bits per heavy atom. The van der Waals surface area contributed by atoms with Crippen LogP contribution in [0.15, 0.2) is 24.3 Å². The summed E-state index contributed by atoms with van der Waals surface area (Å²) in [5.74, 6) is 0. The predicted octanol–water partition coefficient (Wildman–Crippen LogP) is 2.33. The lowest BCUT2D eigenvalue weighted by Crippen LogP contribution is -2.21. The first-order chi connectivity index (χ1) is 5.86. The summed E-state index contributed by atoms with van der Waals surface area (Å²) in [7, 11) is 0. The molecule has 0 aliphatic heterocycles. The first-order valence-electron chi connectivity index (χ1n) is 4.54. The SMILES string of the molecule is CCN(CC)Cc1cc[c]cc1. The van der Waals surface area contributed by atoms with Gasteiger partial charge in [-0.05, 0) is 24.7 Å². The van der Waals surface area contributed by atoms with Crippen LogP contribution in [0, 0.1) is 6.07 Å². The molecular formula is C11H16N. The molecule has 0 aromatic heterocycles. The van der Waals surface area contributed by atoms with Crippen LogP contribution in [0.1, 0.15) is 19.4 Å². The third-order valence-electron chi connectivity index (χ3n) is 2.09. The van der Waals surface area contributed by atoms with Crippen LogP contribution in [-0.4, -0.2) is 18.0 Å². The van der Waals surface area contributed by atoms with Crippen molar-refractivity contribution in [3.8, 4) is 0 Å². The van der Waals surface area contributed by atoms with Crippen LogP contribution in [0.5, 0.6) is 0 Å². The quantitative estimate of drug-likeness (QED) is 0.656. The van der Waals surface area contributed by atoms with Gasteiger partial charge in [-0.25, -0.2) is 0 Å². The highest BCUT2D eigenvalue weighted by atomic mass is 15.1. The highest BCUT2D eigenvalue weighted by Gasteiger charge is 1.98. The smallest absolute Gasteiger partial charge is 0.0233 e. The fourth-order valence-corrected chi connectivity index (χ4v) is 1.23. The number of benzene rings is 1. The van der Waals surface area contributed by atoms with Gasteiger partial charge in [0.05, 0.1) is 0 Å². The van der Waals surface area contributed by atoms with Crippen LogP contribution < -0.4 is 0 Å². The van der Waals surface area contributed by atoms with Gasteiger partial charge in [0, 0.05) is 6.54 Å². The van der Waals surface area contributed by atoms with E-state index in [-0.39, 0.29) is 0 Å². The fraction of sp³-hybridized carbons (Fsp3) is 0.455. The largest absolute Gasteiger partial charge is 0.300 e. The number of nitrogens with zero attached hydrogens (tertiary/aromatic N) is 1. The molecule has 0 bridgehead atoms. The Bertz CT molecular complexity index is 202. The van der Waals surface area contributed by atoms with E-state index in [1.54, 1.807) is 0 Å². The predicted molar refractivity (Wildman–Crippen MR) is 51.9 cm³/mol. The average Bonchev–Trinajstić information content (AvgIpc) is 2.16. The van der Waals surface area contributed by atoms with Crippen molar-refractivity contribution in [1.29, 1.82) is 0 Å². The molecule has 0 aliphatic rings. The van der Waals surface area contributed by atoms with Crippen LogP contribution in [-0.2, 0) is 6.54 Å². The molecule has 0 amide bonds. The molecule has 1 aromatic rings. The minimum Gasteiger partial charge on any atom is -0.300 e. The van der Waals surface area contributed by atoms with Crippen molar-refractivity contribution in [1.82, 2.24) is 4.90 Å². The van der Waals surface area contributed by atoms with E-state index >= 15 is 0 Å². The van der Waals surface area contributed by atoms with Crippen molar-refractivity contribution < 1.29 is 0 Å².